The molecule has 0 bridgehead atoms. The summed E-state index contributed by atoms with van der Waals surface area (Å²) in [6, 6.07) is 16.8. The third-order valence-electron chi connectivity index (χ3n) is 6.96. The fraction of sp³-hybridized carbons (Fsp3) is 0.281. The number of amides is 2. The Hall–Kier alpha value is -0.460. The second kappa shape index (κ2) is 22.9. The van der Waals surface area contributed by atoms with Crippen LogP contribution in [0.2, 0.25) is 0 Å². The smallest absolute Gasteiger partial charge is 0.303 e. The van der Waals surface area contributed by atoms with Gasteiger partial charge in [0.15, 0.2) is 5.03 Å². The van der Waals surface area contributed by atoms with Crippen LogP contribution in [0.5, 0.6) is 0 Å². The monoisotopic (exact) mass is 1450 g/mol. The van der Waals surface area contributed by atoms with Gasteiger partial charge in [-0.3, -0.25) is 19.4 Å². The number of aromatic nitrogens is 2. The predicted molar refractivity (Wildman–Crippen MR) is 256 cm³/mol. The van der Waals surface area contributed by atoms with Crippen LogP contribution in [0.15, 0.2) is 87.7 Å². The van der Waals surface area contributed by atoms with Crippen LogP contribution in [-0.4, -0.2) is 87.3 Å². The Morgan fingerprint density at radius 3 is 1.75 bits per heavy atom. The molecule has 59 heavy (non-hydrogen) atoms. The highest BCUT2D eigenvalue weighted by Crippen LogP contribution is 2.45. The van der Waals surface area contributed by atoms with Gasteiger partial charge in [-0.05, 0) is 211 Å². The van der Waals surface area contributed by atoms with Crippen molar-refractivity contribution in [2.45, 2.75) is 39.0 Å². The zero-order valence-electron chi connectivity index (χ0n) is 29.6. The Morgan fingerprint density at radius 2 is 1.22 bits per heavy atom. The molecule has 2 aromatic carbocycles. The highest BCUT2D eigenvalue weighted by atomic mass is 80.0. The summed E-state index contributed by atoms with van der Waals surface area (Å²) >= 11 is 26.8. The molecule has 4 rings (SSSR count). The molecule has 2 heterocycles. The number of nitrogens with zero attached hydrogens (tertiary/aromatic N) is 2. The Morgan fingerprint density at radius 1 is 0.678 bits per heavy atom. The summed E-state index contributed by atoms with van der Waals surface area (Å²) in [7, 11) is -11.1. The molecule has 4 N–H and O–H groups in total. The number of aliphatic carboxylic acids is 1. The number of aliphatic hydroxyl groups is 1. The van der Waals surface area contributed by atoms with Crippen LogP contribution in [-0.2, 0) is 34.3 Å². The molecule has 0 saturated carbocycles. The second-order valence-corrected chi connectivity index (χ2v) is 42.5. The average molecular weight is 1460 g/mol. The molecule has 324 valence electrons. The Labute approximate surface area is 415 Å². The van der Waals surface area contributed by atoms with E-state index in [0.29, 0.717) is 22.9 Å². The summed E-state index contributed by atoms with van der Waals surface area (Å²) in [6.45, 7) is 1.92. The summed E-state index contributed by atoms with van der Waals surface area (Å²) in [5.41, 5.74) is 1.53. The number of pyridine rings is 2. The van der Waals surface area contributed by atoms with Gasteiger partial charge in [-0.2, -0.15) is 0 Å². The molecule has 2 amide bonds. The minimum Gasteiger partial charge on any atom is -0.481 e. The van der Waals surface area contributed by atoms with Crippen molar-refractivity contribution in [3.63, 3.8) is 0 Å². The summed E-state index contributed by atoms with van der Waals surface area (Å²) in [4.78, 5) is 42.5. The second-order valence-electron chi connectivity index (χ2n) is 11.3. The minimum absolute atomic E-state index is 0.0357. The van der Waals surface area contributed by atoms with E-state index in [2.05, 4.69) is 164 Å². The lowest BCUT2D eigenvalue weighted by Gasteiger charge is -2.14. The lowest BCUT2D eigenvalue weighted by Crippen LogP contribution is -2.27. The number of rotatable bonds is 11. The third kappa shape index (κ3) is 15.6. The highest BCUT2D eigenvalue weighted by Gasteiger charge is 2.40. The van der Waals surface area contributed by atoms with Crippen LogP contribution in [0, 0.1) is 6.92 Å². The fourth-order valence-electron chi connectivity index (χ4n) is 4.15. The number of carboxylic acids is 1. The van der Waals surface area contributed by atoms with Gasteiger partial charge in [-0.25, -0.2) is 30.2 Å². The van der Waals surface area contributed by atoms with Gasteiger partial charge in [0.05, 0.1) is 21.9 Å². The van der Waals surface area contributed by atoms with E-state index in [-0.39, 0.29) is 52.5 Å². The van der Waals surface area contributed by atoms with E-state index in [9.17, 15) is 39.6 Å². The molecule has 27 heteroatoms. The molecular formula is C32H29Br9N4O11S3. The van der Waals surface area contributed by atoms with Gasteiger partial charge < -0.3 is 20.8 Å². The van der Waals surface area contributed by atoms with Crippen LogP contribution < -0.4 is 10.6 Å². The molecule has 0 radical (unpaired) electrons. The number of carbonyl (C=O) groups is 3. The Balaban J connectivity index is 0.000000321. The van der Waals surface area contributed by atoms with Crippen LogP contribution in [0.25, 0.3) is 10.9 Å². The molecule has 2 aromatic heterocycles. The molecule has 4 aromatic rings. The number of nitrogens with one attached hydrogen (secondary N) is 2. The zero-order chi connectivity index (χ0) is 45.2. The van der Waals surface area contributed by atoms with Crippen LogP contribution in [0.4, 0.5) is 0 Å². The van der Waals surface area contributed by atoms with Crippen LogP contribution in [0.1, 0.15) is 39.3 Å². The van der Waals surface area contributed by atoms with Gasteiger partial charge in [0, 0.05) is 36.7 Å². The number of aliphatic hydroxyl groups excluding tert-OH is 1. The molecule has 0 aliphatic heterocycles. The highest BCUT2D eigenvalue weighted by molar-refractivity contribution is 9.43. The fourth-order valence-corrected chi connectivity index (χ4v) is 11.4. The number of carboxylic acid groups (broad SMARTS) is 1. The van der Waals surface area contributed by atoms with Gasteiger partial charge in [-0.1, -0.05) is 18.2 Å². The van der Waals surface area contributed by atoms with Crippen molar-refractivity contribution in [2.75, 3.05) is 19.7 Å². The Kier molecular flexibility index (Phi) is 21.3. The molecule has 0 spiro atoms. The number of carbonyl (C=O) groups excluding carboxylic acids is 2. The van der Waals surface area contributed by atoms with E-state index in [4.69, 9.17) is 10.2 Å². The van der Waals surface area contributed by atoms with E-state index in [1.807, 2.05) is 13.0 Å². The quantitative estimate of drug-likeness (QED) is 0.0816. The van der Waals surface area contributed by atoms with E-state index >= 15 is 0 Å². The SMILES string of the molecule is Cc1cccc(S(=O)(=O)C(Br)(Br)Br)c1.O=C(NCCO)c1cc(S(=O)(=O)C(Br)(Br)Br)ccn1.O=C(O)CCCNC(=O)c1cccc2nc(S(=O)(=O)C(Br)(Br)Br)ccc12. The Bertz CT molecular complexity index is 2500. The van der Waals surface area contributed by atoms with E-state index < -0.39 is 45.8 Å². The van der Waals surface area contributed by atoms with Crippen molar-refractivity contribution in [2.24, 2.45) is 0 Å². The first-order valence-corrected chi connectivity index (χ1v) is 27.3. The topological polar surface area (TPSA) is 244 Å². The molecule has 0 fully saturated rings. The van der Waals surface area contributed by atoms with E-state index in [1.165, 1.54) is 24.4 Å². The third-order valence-corrected chi connectivity index (χ3v) is 22.8. The molecule has 0 aliphatic rings. The predicted octanol–water partition coefficient (Wildman–Crippen LogP) is 8.34. The van der Waals surface area contributed by atoms with E-state index in [0.717, 1.165) is 11.6 Å². The number of sulfone groups is 3. The molecule has 15 nitrogen and oxygen atoms in total. The van der Waals surface area contributed by atoms with Crippen molar-refractivity contribution in [1.29, 1.82) is 0 Å². The van der Waals surface area contributed by atoms with Crippen molar-refractivity contribution >= 4 is 202 Å². The van der Waals surface area contributed by atoms with Gasteiger partial charge in [0.25, 0.3) is 11.8 Å². The van der Waals surface area contributed by atoms with Gasteiger partial charge in [-0.15, -0.1) is 0 Å². The lowest BCUT2D eigenvalue weighted by atomic mass is 10.1. The minimum atomic E-state index is -3.84. The summed E-state index contributed by atoms with van der Waals surface area (Å²) in [5, 5.41) is 22.6. The van der Waals surface area contributed by atoms with Crippen molar-refractivity contribution < 1.29 is 49.9 Å². The standard InChI is InChI=1S/C15H13Br3N2O5S.C9H9Br3N2O4S.C8H7Br3O2S/c16-15(17,18)26(24,25)12-7-6-9-10(3-1-4-11(9)20-12)14(23)19-8-2-5-13(21)22;10-9(11,12)19(17,18)6-1-2-13-7(5-6)8(16)14-3-4-15;1-6-3-2-4-7(5-6)14(12,13)8(9,10)11/h1,3-4,6-7H,2,5,8H2,(H,19,23)(H,21,22);1-2,5,15H,3-4H2,(H,14,16);2-5H,1H3. The molecule has 0 atom stereocenters. The van der Waals surface area contributed by atoms with Gasteiger partial charge in [0.1, 0.15) is 5.69 Å². The zero-order valence-corrected chi connectivity index (χ0v) is 46.3. The summed E-state index contributed by atoms with van der Waals surface area (Å²) in [5.74, 6) is -1.87. The lowest BCUT2D eigenvalue weighted by molar-refractivity contribution is -0.137. The molecule has 0 saturated heterocycles. The summed E-state index contributed by atoms with van der Waals surface area (Å²) in [6.07, 6.45) is 1.50. The first kappa shape index (κ1) is 54.7. The van der Waals surface area contributed by atoms with Crippen molar-refractivity contribution in [3.05, 3.63) is 89.7 Å². The van der Waals surface area contributed by atoms with Crippen molar-refractivity contribution in [3.8, 4) is 0 Å². The van der Waals surface area contributed by atoms with Gasteiger partial charge in [0.2, 0.25) is 33.9 Å². The van der Waals surface area contributed by atoms with Crippen LogP contribution >= 0.6 is 143 Å². The maximum absolute atomic E-state index is 12.4. The van der Waals surface area contributed by atoms with Gasteiger partial charge >= 0.3 is 5.97 Å². The number of hydrogen-bond acceptors (Lipinski definition) is 12. The first-order chi connectivity index (χ1) is 27.0. The van der Waals surface area contributed by atoms with Crippen molar-refractivity contribution in [1.82, 2.24) is 20.6 Å². The number of aryl methyl sites for hydroxylation is 1. The summed E-state index contributed by atoms with van der Waals surface area (Å²) < 4.78 is 68.4. The first-order valence-electron chi connectivity index (χ1n) is 15.7. The normalized spacial score (nSPS) is 12.3. The van der Waals surface area contributed by atoms with E-state index in [1.54, 1.807) is 36.4 Å². The number of alkyl halides is 9. The average Bonchev–Trinajstić information content (AvgIpc) is 3.14. The number of halogens is 9. The number of fused-ring (bicyclic) bond motifs is 1. The number of hydrogen-bond donors (Lipinski definition) is 4. The maximum Gasteiger partial charge on any atom is 0.303 e. The maximum atomic E-state index is 12.4. The molecular weight excluding hydrogens is 1430 g/mol. The van der Waals surface area contributed by atoms with Crippen LogP contribution in [0.3, 0.4) is 0 Å². The number of benzene rings is 2. The largest absolute Gasteiger partial charge is 0.481 e. The molecule has 0 unspecified atom stereocenters. The molecule has 0 aliphatic carbocycles.